The van der Waals surface area contributed by atoms with Crippen LogP contribution in [-0.2, 0) is 4.74 Å². The molecule has 2 heterocycles. The number of ether oxygens (including phenoxy) is 1. The predicted molar refractivity (Wildman–Crippen MR) is 82.5 cm³/mol. The van der Waals surface area contributed by atoms with Crippen molar-refractivity contribution in [3.05, 3.63) is 51.7 Å². The number of fused-ring (bicyclic) bond motifs is 1. The maximum atomic E-state index is 11.6. The highest BCUT2D eigenvalue weighted by Crippen LogP contribution is 2.21. The summed E-state index contributed by atoms with van der Waals surface area (Å²) >= 11 is 2.25. The summed E-state index contributed by atoms with van der Waals surface area (Å²) in [6.07, 6.45) is 1.69. The molecule has 0 amide bonds. The third kappa shape index (κ3) is 2.26. The number of methoxy groups -OCH3 is 1. The lowest BCUT2D eigenvalue weighted by Gasteiger charge is -2.03. The van der Waals surface area contributed by atoms with Crippen LogP contribution in [0, 0.1) is 3.57 Å². The molecule has 2 aromatic heterocycles. The molecule has 0 aliphatic carbocycles. The summed E-state index contributed by atoms with van der Waals surface area (Å²) in [7, 11) is 1.36. The standard InChI is InChI=1S/C14H10IN3O2/c1-20-14(19)10-5-6-12-16-17-13(18(12)8-10)9-3-2-4-11(15)7-9/h2-8H,1H3. The van der Waals surface area contributed by atoms with Crippen LogP contribution in [0.15, 0.2) is 42.6 Å². The summed E-state index contributed by atoms with van der Waals surface area (Å²) in [6.45, 7) is 0. The molecule has 0 unspecified atom stereocenters. The molecule has 6 heteroatoms. The van der Waals surface area contributed by atoms with Gasteiger partial charge in [-0.25, -0.2) is 4.79 Å². The molecule has 0 saturated carbocycles. The average Bonchev–Trinajstić information content (AvgIpc) is 2.89. The normalized spacial score (nSPS) is 10.7. The van der Waals surface area contributed by atoms with Crippen LogP contribution < -0.4 is 0 Å². The number of pyridine rings is 1. The zero-order chi connectivity index (χ0) is 14.1. The van der Waals surface area contributed by atoms with Crippen LogP contribution in [0.5, 0.6) is 0 Å². The predicted octanol–water partition coefficient (Wildman–Crippen LogP) is 2.79. The van der Waals surface area contributed by atoms with Gasteiger partial charge in [0.15, 0.2) is 11.5 Å². The summed E-state index contributed by atoms with van der Waals surface area (Å²) in [5, 5.41) is 8.30. The van der Waals surface area contributed by atoms with E-state index in [4.69, 9.17) is 4.74 Å². The molecule has 0 bridgehead atoms. The minimum atomic E-state index is -0.380. The Labute approximate surface area is 128 Å². The molecule has 0 fully saturated rings. The lowest BCUT2D eigenvalue weighted by Crippen LogP contribution is -2.03. The lowest BCUT2D eigenvalue weighted by atomic mass is 10.2. The Morgan fingerprint density at radius 2 is 2.10 bits per heavy atom. The topological polar surface area (TPSA) is 56.5 Å². The molecule has 3 aromatic rings. The second-order valence-corrected chi connectivity index (χ2v) is 5.42. The first kappa shape index (κ1) is 13.0. The number of nitrogens with zero attached hydrogens (tertiary/aromatic N) is 3. The molecule has 5 nitrogen and oxygen atoms in total. The number of hydrogen-bond acceptors (Lipinski definition) is 4. The summed E-state index contributed by atoms with van der Waals surface area (Å²) in [6, 6.07) is 11.4. The fourth-order valence-corrected chi connectivity index (χ4v) is 2.50. The molecule has 0 aliphatic rings. The number of benzene rings is 1. The van der Waals surface area contributed by atoms with Crippen LogP contribution in [0.25, 0.3) is 17.0 Å². The number of rotatable bonds is 2. The van der Waals surface area contributed by atoms with E-state index in [0.717, 1.165) is 9.13 Å². The SMILES string of the molecule is COC(=O)c1ccc2nnc(-c3cccc(I)c3)n2c1. The molecule has 0 aliphatic heterocycles. The minimum Gasteiger partial charge on any atom is -0.465 e. The molecule has 0 radical (unpaired) electrons. The van der Waals surface area contributed by atoms with Crippen molar-refractivity contribution in [1.82, 2.24) is 14.6 Å². The van der Waals surface area contributed by atoms with E-state index >= 15 is 0 Å². The number of esters is 1. The van der Waals surface area contributed by atoms with E-state index in [9.17, 15) is 4.79 Å². The summed E-state index contributed by atoms with van der Waals surface area (Å²) in [4.78, 5) is 11.6. The van der Waals surface area contributed by atoms with Crippen molar-refractivity contribution in [1.29, 1.82) is 0 Å². The Morgan fingerprint density at radius 1 is 1.25 bits per heavy atom. The lowest BCUT2D eigenvalue weighted by molar-refractivity contribution is 0.0600. The molecule has 0 spiro atoms. The quantitative estimate of drug-likeness (QED) is 0.508. The molecule has 1 aromatic carbocycles. The molecule has 100 valence electrons. The van der Waals surface area contributed by atoms with Gasteiger partial charge in [-0.05, 0) is 46.9 Å². The Hall–Kier alpha value is -1.96. The van der Waals surface area contributed by atoms with E-state index in [0.29, 0.717) is 17.0 Å². The Kier molecular flexibility index (Phi) is 3.39. The van der Waals surface area contributed by atoms with Gasteiger partial charge in [0.25, 0.3) is 0 Å². The van der Waals surface area contributed by atoms with Crippen molar-refractivity contribution in [3.63, 3.8) is 0 Å². The highest BCUT2D eigenvalue weighted by molar-refractivity contribution is 14.1. The van der Waals surface area contributed by atoms with E-state index in [-0.39, 0.29) is 5.97 Å². The van der Waals surface area contributed by atoms with Crippen LogP contribution in [0.4, 0.5) is 0 Å². The Balaban J connectivity index is 2.19. The zero-order valence-corrected chi connectivity index (χ0v) is 12.7. The Morgan fingerprint density at radius 3 is 2.85 bits per heavy atom. The summed E-state index contributed by atoms with van der Waals surface area (Å²) in [5.74, 6) is 0.318. The van der Waals surface area contributed by atoms with Crippen LogP contribution >= 0.6 is 22.6 Å². The number of hydrogen-bond donors (Lipinski definition) is 0. The van der Waals surface area contributed by atoms with Gasteiger partial charge in [0, 0.05) is 15.3 Å². The second-order valence-electron chi connectivity index (χ2n) is 4.17. The first-order valence-electron chi connectivity index (χ1n) is 5.88. The van der Waals surface area contributed by atoms with Gasteiger partial charge in [0.2, 0.25) is 0 Å². The third-order valence-electron chi connectivity index (χ3n) is 2.91. The number of aromatic nitrogens is 3. The van der Waals surface area contributed by atoms with Gasteiger partial charge in [-0.2, -0.15) is 0 Å². The monoisotopic (exact) mass is 379 g/mol. The van der Waals surface area contributed by atoms with E-state index in [1.54, 1.807) is 22.7 Å². The van der Waals surface area contributed by atoms with Crippen LogP contribution in [0.2, 0.25) is 0 Å². The van der Waals surface area contributed by atoms with Crippen molar-refractivity contribution in [2.45, 2.75) is 0 Å². The molecular weight excluding hydrogens is 369 g/mol. The fraction of sp³-hybridized carbons (Fsp3) is 0.0714. The minimum absolute atomic E-state index is 0.380. The molecule has 3 rings (SSSR count). The molecule has 20 heavy (non-hydrogen) atoms. The molecule has 0 atom stereocenters. The van der Waals surface area contributed by atoms with Gasteiger partial charge in [-0.1, -0.05) is 12.1 Å². The zero-order valence-electron chi connectivity index (χ0n) is 10.6. The second kappa shape index (κ2) is 5.20. The first-order chi connectivity index (χ1) is 9.69. The van der Waals surface area contributed by atoms with Gasteiger partial charge in [-0.3, -0.25) is 4.40 Å². The smallest absolute Gasteiger partial charge is 0.339 e. The molecule has 0 saturated heterocycles. The number of carbonyl (C=O) groups excluding carboxylic acids is 1. The average molecular weight is 379 g/mol. The summed E-state index contributed by atoms with van der Waals surface area (Å²) in [5.41, 5.74) is 2.10. The van der Waals surface area contributed by atoms with Crippen molar-refractivity contribution >= 4 is 34.2 Å². The van der Waals surface area contributed by atoms with E-state index in [1.165, 1.54) is 7.11 Å². The maximum Gasteiger partial charge on any atom is 0.339 e. The van der Waals surface area contributed by atoms with Crippen molar-refractivity contribution in [3.8, 4) is 11.4 Å². The molecule has 0 N–H and O–H groups in total. The first-order valence-corrected chi connectivity index (χ1v) is 6.96. The largest absolute Gasteiger partial charge is 0.465 e. The molecular formula is C14H10IN3O2. The van der Waals surface area contributed by atoms with E-state index < -0.39 is 0 Å². The van der Waals surface area contributed by atoms with E-state index in [2.05, 4.69) is 32.8 Å². The van der Waals surface area contributed by atoms with Crippen molar-refractivity contribution in [2.24, 2.45) is 0 Å². The number of halogens is 1. The van der Waals surface area contributed by atoms with Gasteiger partial charge < -0.3 is 4.74 Å². The van der Waals surface area contributed by atoms with Crippen molar-refractivity contribution < 1.29 is 9.53 Å². The van der Waals surface area contributed by atoms with Crippen LogP contribution in [0.3, 0.4) is 0 Å². The fourth-order valence-electron chi connectivity index (χ4n) is 1.95. The van der Waals surface area contributed by atoms with E-state index in [1.807, 2.05) is 24.3 Å². The maximum absolute atomic E-state index is 11.6. The number of carbonyl (C=O) groups is 1. The summed E-state index contributed by atoms with van der Waals surface area (Å²) < 4.78 is 7.63. The van der Waals surface area contributed by atoms with Gasteiger partial charge in [0.1, 0.15) is 0 Å². The third-order valence-corrected chi connectivity index (χ3v) is 3.58. The van der Waals surface area contributed by atoms with Crippen LogP contribution in [0.1, 0.15) is 10.4 Å². The highest BCUT2D eigenvalue weighted by Gasteiger charge is 2.12. The van der Waals surface area contributed by atoms with Crippen LogP contribution in [-0.4, -0.2) is 27.7 Å². The van der Waals surface area contributed by atoms with Gasteiger partial charge in [-0.15, -0.1) is 10.2 Å². The van der Waals surface area contributed by atoms with Gasteiger partial charge in [0.05, 0.1) is 12.7 Å². The van der Waals surface area contributed by atoms with Gasteiger partial charge >= 0.3 is 5.97 Å². The Bertz CT molecular complexity index is 798. The van der Waals surface area contributed by atoms with Crippen molar-refractivity contribution in [2.75, 3.05) is 7.11 Å². The highest BCUT2D eigenvalue weighted by atomic mass is 127.